The lowest BCUT2D eigenvalue weighted by molar-refractivity contribution is 0.184. The molecule has 1 N–H and O–H groups in total. The highest BCUT2D eigenvalue weighted by atomic mass is 16.3. The predicted octanol–water partition coefficient (Wildman–Crippen LogP) is 0.734. The summed E-state index contributed by atoms with van der Waals surface area (Å²) in [7, 11) is 1.96. The van der Waals surface area contributed by atoms with Crippen molar-refractivity contribution in [2.24, 2.45) is 7.05 Å². The van der Waals surface area contributed by atoms with Crippen LogP contribution in [0, 0.1) is 0 Å². The molecular formula is C8H14N2O. The molecule has 11 heavy (non-hydrogen) atoms. The average molecular weight is 154 g/mol. The summed E-state index contributed by atoms with van der Waals surface area (Å²) in [5.74, 6) is 0. The Kier molecular flexibility index (Phi) is 2.65. The van der Waals surface area contributed by atoms with Crippen LogP contribution in [0.2, 0.25) is 0 Å². The fraction of sp³-hybridized carbons (Fsp3) is 0.625. The number of aromatic nitrogens is 2. The van der Waals surface area contributed by atoms with Crippen LogP contribution in [0.5, 0.6) is 0 Å². The molecule has 3 heteroatoms. The van der Waals surface area contributed by atoms with E-state index in [1.54, 1.807) is 13.3 Å². The standard InChI is InChI=1S/C8H14N2O/c1-7(11)3-4-8-5-9-6-10(8)2/h5-7,11H,3-4H2,1-2H3/t7-/m1/s1. The van der Waals surface area contributed by atoms with Crippen LogP contribution in [0.1, 0.15) is 19.0 Å². The molecule has 0 aromatic carbocycles. The minimum Gasteiger partial charge on any atom is -0.393 e. The lowest BCUT2D eigenvalue weighted by Crippen LogP contribution is -2.03. The average Bonchev–Trinajstić information content (AvgIpc) is 2.31. The third-order valence-corrected chi connectivity index (χ3v) is 1.73. The molecule has 0 saturated heterocycles. The van der Waals surface area contributed by atoms with Crippen molar-refractivity contribution in [2.45, 2.75) is 25.9 Å². The Bertz CT molecular complexity index is 218. The van der Waals surface area contributed by atoms with Crippen LogP contribution in [-0.2, 0) is 13.5 Å². The van der Waals surface area contributed by atoms with Crippen LogP contribution in [0.25, 0.3) is 0 Å². The molecule has 62 valence electrons. The van der Waals surface area contributed by atoms with Gasteiger partial charge in [-0.15, -0.1) is 0 Å². The van der Waals surface area contributed by atoms with Crippen molar-refractivity contribution in [1.29, 1.82) is 0 Å². The van der Waals surface area contributed by atoms with Crippen molar-refractivity contribution in [2.75, 3.05) is 0 Å². The first-order valence-corrected chi connectivity index (χ1v) is 3.83. The van der Waals surface area contributed by atoms with Gasteiger partial charge in [-0.1, -0.05) is 0 Å². The summed E-state index contributed by atoms with van der Waals surface area (Å²) in [5.41, 5.74) is 1.17. The SMILES string of the molecule is C[C@@H](O)CCc1cncn1C. The third kappa shape index (κ3) is 2.35. The van der Waals surface area contributed by atoms with Gasteiger partial charge in [0.25, 0.3) is 0 Å². The van der Waals surface area contributed by atoms with Crippen molar-refractivity contribution < 1.29 is 5.11 Å². The second kappa shape index (κ2) is 3.53. The Labute approximate surface area is 66.7 Å². The van der Waals surface area contributed by atoms with Crippen LogP contribution in [0.15, 0.2) is 12.5 Å². The molecule has 0 aliphatic rings. The van der Waals surface area contributed by atoms with Crippen molar-refractivity contribution in [3.8, 4) is 0 Å². The molecule has 0 aliphatic carbocycles. The van der Waals surface area contributed by atoms with E-state index < -0.39 is 0 Å². The van der Waals surface area contributed by atoms with E-state index in [1.807, 2.05) is 17.8 Å². The number of nitrogens with zero attached hydrogens (tertiary/aromatic N) is 2. The predicted molar refractivity (Wildman–Crippen MR) is 43.2 cm³/mol. The molecule has 1 heterocycles. The summed E-state index contributed by atoms with van der Waals surface area (Å²) < 4.78 is 1.97. The van der Waals surface area contributed by atoms with E-state index in [0.29, 0.717) is 0 Å². The molecular weight excluding hydrogens is 140 g/mol. The van der Waals surface area contributed by atoms with Crippen molar-refractivity contribution in [3.63, 3.8) is 0 Å². The van der Waals surface area contributed by atoms with Gasteiger partial charge in [-0.2, -0.15) is 0 Å². The van der Waals surface area contributed by atoms with Gasteiger partial charge >= 0.3 is 0 Å². The molecule has 0 amide bonds. The number of hydrogen-bond donors (Lipinski definition) is 1. The van der Waals surface area contributed by atoms with E-state index in [2.05, 4.69) is 4.98 Å². The highest BCUT2D eigenvalue weighted by molar-refractivity contribution is 4.97. The summed E-state index contributed by atoms with van der Waals surface area (Å²) in [6.07, 6.45) is 5.10. The van der Waals surface area contributed by atoms with Gasteiger partial charge in [0.15, 0.2) is 0 Å². The van der Waals surface area contributed by atoms with Gasteiger partial charge in [-0.05, 0) is 19.8 Å². The topological polar surface area (TPSA) is 38.1 Å². The molecule has 1 rings (SSSR count). The molecule has 0 fully saturated rings. The minimum absolute atomic E-state index is 0.218. The first kappa shape index (κ1) is 8.27. The van der Waals surface area contributed by atoms with E-state index in [1.165, 1.54) is 5.69 Å². The Balaban J connectivity index is 2.44. The normalized spacial score (nSPS) is 13.4. The van der Waals surface area contributed by atoms with E-state index >= 15 is 0 Å². The highest BCUT2D eigenvalue weighted by Crippen LogP contribution is 2.02. The molecule has 0 aliphatic heterocycles. The van der Waals surface area contributed by atoms with Crippen LogP contribution in [0.4, 0.5) is 0 Å². The van der Waals surface area contributed by atoms with E-state index in [9.17, 15) is 0 Å². The van der Waals surface area contributed by atoms with E-state index in [-0.39, 0.29) is 6.10 Å². The zero-order valence-electron chi connectivity index (χ0n) is 6.99. The van der Waals surface area contributed by atoms with Gasteiger partial charge in [-0.3, -0.25) is 0 Å². The van der Waals surface area contributed by atoms with Gasteiger partial charge in [0.05, 0.1) is 12.4 Å². The van der Waals surface area contributed by atoms with Crippen LogP contribution >= 0.6 is 0 Å². The third-order valence-electron chi connectivity index (χ3n) is 1.73. The highest BCUT2D eigenvalue weighted by Gasteiger charge is 2.00. The van der Waals surface area contributed by atoms with Crippen LogP contribution in [-0.4, -0.2) is 20.8 Å². The number of aryl methyl sites for hydroxylation is 2. The maximum atomic E-state index is 9.01. The fourth-order valence-corrected chi connectivity index (χ4v) is 0.982. The van der Waals surface area contributed by atoms with E-state index in [0.717, 1.165) is 12.8 Å². The molecule has 0 spiro atoms. The number of aliphatic hydroxyl groups excluding tert-OH is 1. The Morgan fingerprint density at radius 2 is 2.45 bits per heavy atom. The number of rotatable bonds is 3. The molecule has 0 bridgehead atoms. The maximum absolute atomic E-state index is 9.01. The molecule has 1 aromatic rings. The van der Waals surface area contributed by atoms with Gasteiger partial charge in [0.2, 0.25) is 0 Å². The number of hydrogen-bond acceptors (Lipinski definition) is 2. The maximum Gasteiger partial charge on any atom is 0.0945 e. The van der Waals surface area contributed by atoms with Crippen LogP contribution in [0.3, 0.4) is 0 Å². The molecule has 0 saturated carbocycles. The molecule has 0 unspecified atom stereocenters. The second-order valence-electron chi connectivity index (χ2n) is 2.88. The second-order valence-corrected chi connectivity index (χ2v) is 2.88. The van der Waals surface area contributed by atoms with Crippen LogP contribution < -0.4 is 0 Å². The molecule has 3 nitrogen and oxygen atoms in total. The zero-order chi connectivity index (χ0) is 8.27. The molecule has 1 aromatic heterocycles. The van der Waals surface area contributed by atoms with E-state index in [4.69, 9.17) is 5.11 Å². The number of imidazole rings is 1. The Morgan fingerprint density at radius 3 is 2.91 bits per heavy atom. The Morgan fingerprint density at radius 1 is 1.73 bits per heavy atom. The lowest BCUT2D eigenvalue weighted by atomic mass is 10.2. The number of aliphatic hydroxyl groups is 1. The molecule has 0 radical (unpaired) electrons. The molecule has 1 atom stereocenters. The van der Waals surface area contributed by atoms with Gasteiger partial charge < -0.3 is 9.67 Å². The summed E-state index contributed by atoms with van der Waals surface area (Å²) in [6, 6.07) is 0. The quantitative estimate of drug-likeness (QED) is 0.697. The largest absolute Gasteiger partial charge is 0.393 e. The first-order valence-electron chi connectivity index (χ1n) is 3.83. The smallest absolute Gasteiger partial charge is 0.0945 e. The van der Waals surface area contributed by atoms with Gasteiger partial charge in [-0.25, -0.2) is 4.98 Å². The zero-order valence-corrected chi connectivity index (χ0v) is 6.99. The van der Waals surface area contributed by atoms with Crippen molar-refractivity contribution in [1.82, 2.24) is 9.55 Å². The Hall–Kier alpha value is -0.830. The lowest BCUT2D eigenvalue weighted by Gasteiger charge is -2.03. The summed E-state index contributed by atoms with van der Waals surface area (Å²) in [5, 5.41) is 9.01. The fourth-order valence-electron chi connectivity index (χ4n) is 0.982. The van der Waals surface area contributed by atoms with Gasteiger partial charge in [0, 0.05) is 18.9 Å². The van der Waals surface area contributed by atoms with Gasteiger partial charge in [0.1, 0.15) is 0 Å². The summed E-state index contributed by atoms with van der Waals surface area (Å²) in [4.78, 5) is 3.98. The summed E-state index contributed by atoms with van der Waals surface area (Å²) in [6.45, 7) is 1.80. The minimum atomic E-state index is -0.218. The monoisotopic (exact) mass is 154 g/mol. The first-order chi connectivity index (χ1) is 5.20. The van der Waals surface area contributed by atoms with Crippen molar-refractivity contribution >= 4 is 0 Å². The van der Waals surface area contributed by atoms with Crippen molar-refractivity contribution in [3.05, 3.63) is 18.2 Å². The summed E-state index contributed by atoms with van der Waals surface area (Å²) >= 11 is 0.